The summed E-state index contributed by atoms with van der Waals surface area (Å²) in [4.78, 5) is 32.0. The zero-order valence-corrected chi connectivity index (χ0v) is 19.2. The lowest BCUT2D eigenvalue weighted by molar-refractivity contribution is -0.121. The number of amides is 2. The number of rotatable bonds is 6. The Bertz CT molecular complexity index is 1220. The molecule has 0 bridgehead atoms. The average Bonchev–Trinajstić information content (AvgIpc) is 3.09. The molecule has 0 unspecified atom stereocenters. The van der Waals surface area contributed by atoms with Gasteiger partial charge in [0.15, 0.2) is 0 Å². The average molecular weight is 457 g/mol. The van der Waals surface area contributed by atoms with Gasteiger partial charge in [0.2, 0.25) is 0 Å². The molecule has 0 saturated carbocycles. The van der Waals surface area contributed by atoms with Crippen molar-refractivity contribution in [1.82, 2.24) is 4.90 Å². The predicted molar refractivity (Wildman–Crippen MR) is 130 cm³/mol. The summed E-state index contributed by atoms with van der Waals surface area (Å²) in [6.45, 7) is 3.78. The maximum atomic E-state index is 13.7. The van der Waals surface area contributed by atoms with Crippen LogP contribution in [0.25, 0.3) is 0 Å². The van der Waals surface area contributed by atoms with Crippen LogP contribution in [-0.4, -0.2) is 29.9 Å². The largest absolute Gasteiger partial charge is 0.494 e. The van der Waals surface area contributed by atoms with Gasteiger partial charge >= 0.3 is 0 Å². The number of hydrogen-bond acceptors (Lipinski definition) is 5. The van der Waals surface area contributed by atoms with Crippen molar-refractivity contribution in [3.05, 3.63) is 101 Å². The summed E-state index contributed by atoms with van der Waals surface area (Å²) in [5.41, 5.74) is 3.52. The third kappa shape index (κ3) is 4.14. The van der Waals surface area contributed by atoms with Crippen molar-refractivity contribution in [3.8, 4) is 5.75 Å². The van der Waals surface area contributed by atoms with Crippen LogP contribution in [0, 0.1) is 0 Å². The molecule has 3 aromatic carbocycles. The first-order valence-corrected chi connectivity index (χ1v) is 11.9. The molecule has 0 N–H and O–H groups in total. The highest BCUT2D eigenvalue weighted by Crippen LogP contribution is 2.40. The molecule has 2 heterocycles. The van der Waals surface area contributed by atoms with Gasteiger partial charge < -0.3 is 9.64 Å². The Hall–Kier alpha value is -3.51. The van der Waals surface area contributed by atoms with Crippen LogP contribution >= 0.6 is 11.8 Å². The Kier molecular flexibility index (Phi) is 5.92. The van der Waals surface area contributed by atoms with Gasteiger partial charge in [-0.05, 0) is 60.9 Å². The Labute approximate surface area is 197 Å². The lowest BCUT2D eigenvalue weighted by Gasteiger charge is -2.31. The van der Waals surface area contributed by atoms with Crippen molar-refractivity contribution in [2.45, 2.75) is 24.8 Å². The zero-order chi connectivity index (χ0) is 22.8. The second-order valence-corrected chi connectivity index (χ2v) is 8.99. The van der Waals surface area contributed by atoms with E-state index in [1.54, 1.807) is 24.3 Å². The summed E-state index contributed by atoms with van der Waals surface area (Å²) in [5, 5.41) is 0. The zero-order valence-electron chi connectivity index (χ0n) is 18.4. The highest BCUT2D eigenvalue weighted by atomic mass is 32.2. The first-order chi connectivity index (χ1) is 16.2. The quantitative estimate of drug-likeness (QED) is 0.488. The van der Waals surface area contributed by atoms with Gasteiger partial charge in [-0.15, -0.1) is 0 Å². The van der Waals surface area contributed by atoms with Crippen LogP contribution in [0.2, 0.25) is 0 Å². The molecular formula is C27H24N2O3S. The molecule has 5 rings (SSSR count). The number of anilines is 1. The lowest BCUT2D eigenvalue weighted by Crippen LogP contribution is -2.37. The Morgan fingerprint density at radius 3 is 2.27 bits per heavy atom. The number of carbonyl (C=O) groups is 2. The van der Waals surface area contributed by atoms with Gasteiger partial charge in [0.25, 0.3) is 11.8 Å². The van der Waals surface area contributed by atoms with E-state index in [1.165, 1.54) is 27.8 Å². The van der Waals surface area contributed by atoms with Crippen LogP contribution in [0.3, 0.4) is 0 Å². The molecule has 6 heteroatoms. The number of fused-ring (bicyclic) bond motifs is 1. The van der Waals surface area contributed by atoms with Crippen molar-refractivity contribution < 1.29 is 14.3 Å². The fraction of sp³-hybridized carbons (Fsp3) is 0.185. The van der Waals surface area contributed by atoms with E-state index in [1.807, 2.05) is 49.4 Å². The highest BCUT2D eigenvalue weighted by molar-refractivity contribution is 8.04. The molecule has 0 spiro atoms. The van der Waals surface area contributed by atoms with Crippen LogP contribution < -0.4 is 9.64 Å². The van der Waals surface area contributed by atoms with Gasteiger partial charge in [-0.25, -0.2) is 4.90 Å². The van der Waals surface area contributed by atoms with E-state index in [0.29, 0.717) is 41.7 Å². The number of ether oxygens (including phenoxy) is 1. The first-order valence-electron chi connectivity index (χ1n) is 11.1. The third-order valence-electron chi connectivity index (χ3n) is 5.83. The summed E-state index contributed by atoms with van der Waals surface area (Å²) in [5.74, 6) is 0.147. The first kappa shape index (κ1) is 21.3. The smallest absolute Gasteiger partial charge is 0.283 e. The molecule has 0 fully saturated rings. The number of thioether (sulfide) groups is 1. The fourth-order valence-corrected chi connectivity index (χ4v) is 5.28. The van der Waals surface area contributed by atoms with E-state index in [0.717, 1.165) is 11.3 Å². The predicted octanol–water partition coefficient (Wildman–Crippen LogP) is 5.02. The molecule has 0 aliphatic carbocycles. The number of imide groups is 1. The normalized spacial score (nSPS) is 15.8. The van der Waals surface area contributed by atoms with Crippen LogP contribution in [0.4, 0.5) is 5.69 Å². The number of benzene rings is 3. The standard InChI is InChI=1S/C27H24N2O3S/c1-2-32-22-14-12-21(13-15-22)29-26(30)24(25(27(29)31)33-23-10-4-3-5-11-23)28-17-16-19-8-6-7-9-20(19)18-28/h3-15H,2,16-18H2,1H3. The van der Waals surface area contributed by atoms with E-state index >= 15 is 0 Å². The molecule has 2 aliphatic heterocycles. The van der Waals surface area contributed by atoms with Crippen molar-refractivity contribution >= 4 is 29.3 Å². The SMILES string of the molecule is CCOc1ccc(N2C(=O)C(Sc3ccccc3)=C(N3CCc4ccccc4C3)C2=O)cc1. The molecule has 166 valence electrons. The van der Waals surface area contributed by atoms with Crippen molar-refractivity contribution in [2.75, 3.05) is 18.1 Å². The highest BCUT2D eigenvalue weighted by Gasteiger charge is 2.43. The van der Waals surface area contributed by atoms with E-state index < -0.39 is 0 Å². The van der Waals surface area contributed by atoms with E-state index in [2.05, 4.69) is 17.0 Å². The molecule has 2 amide bonds. The number of nitrogens with zero attached hydrogens (tertiary/aromatic N) is 2. The maximum absolute atomic E-state index is 13.7. The maximum Gasteiger partial charge on any atom is 0.283 e. The second kappa shape index (κ2) is 9.16. The van der Waals surface area contributed by atoms with Crippen molar-refractivity contribution in [3.63, 3.8) is 0 Å². The topological polar surface area (TPSA) is 49.9 Å². The van der Waals surface area contributed by atoms with Gasteiger partial charge in [-0.1, -0.05) is 54.2 Å². The summed E-state index contributed by atoms with van der Waals surface area (Å²) in [7, 11) is 0. The summed E-state index contributed by atoms with van der Waals surface area (Å²) >= 11 is 1.36. The van der Waals surface area contributed by atoms with E-state index in [-0.39, 0.29) is 11.8 Å². The van der Waals surface area contributed by atoms with Gasteiger partial charge in [-0.3, -0.25) is 9.59 Å². The summed E-state index contributed by atoms with van der Waals surface area (Å²) in [6.07, 6.45) is 0.841. The van der Waals surface area contributed by atoms with Crippen molar-refractivity contribution in [1.29, 1.82) is 0 Å². The second-order valence-electron chi connectivity index (χ2n) is 7.91. The van der Waals surface area contributed by atoms with E-state index in [4.69, 9.17) is 4.74 Å². The Morgan fingerprint density at radius 1 is 0.848 bits per heavy atom. The van der Waals surface area contributed by atoms with E-state index in [9.17, 15) is 9.59 Å². The van der Waals surface area contributed by atoms with Crippen LogP contribution in [0.1, 0.15) is 18.1 Å². The monoisotopic (exact) mass is 456 g/mol. The van der Waals surface area contributed by atoms with Gasteiger partial charge in [0, 0.05) is 18.0 Å². The molecule has 0 radical (unpaired) electrons. The Morgan fingerprint density at radius 2 is 1.55 bits per heavy atom. The third-order valence-corrected chi connectivity index (χ3v) is 6.91. The van der Waals surface area contributed by atoms with Gasteiger partial charge in [0.1, 0.15) is 16.4 Å². The van der Waals surface area contributed by atoms with Crippen molar-refractivity contribution in [2.24, 2.45) is 0 Å². The minimum Gasteiger partial charge on any atom is -0.494 e. The fourth-order valence-electron chi connectivity index (χ4n) is 4.25. The molecule has 5 nitrogen and oxygen atoms in total. The van der Waals surface area contributed by atoms with Gasteiger partial charge in [0.05, 0.1) is 12.3 Å². The number of hydrogen-bond donors (Lipinski definition) is 0. The molecule has 3 aromatic rings. The summed E-state index contributed by atoms with van der Waals surface area (Å²) < 4.78 is 5.52. The molecule has 0 saturated heterocycles. The molecule has 0 aromatic heterocycles. The number of carbonyl (C=O) groups excluding carboxylic acids is 2. The molecular weight excluding hydrogens is 432 g/mol. The van der Waals surface area contributed by atoms with Crippen LogP contribution in [0.15, 0.2) is 94.4 Å². The minimum absolute atomic E-state index is 0.276. The minimum atomic E-state index is -0.285. The van der Waals surface area contributed by atoms with Crippen LogP contribution in [-0.2, 0) is 22.6 Å². The van der Waals surface area contributed by atoms with Gasteiger partial charge in [-0.2, -0.15) is 0 Å². The lowest BCUT2D eigenvalue weighted by atomic mass is 9.99. The molecule has 2 aliphatic rings. The van der Waals surface area contributed by atoms with Crippen LogP contribution in [0.5, 0.6) is 5.75 Å². The molecule has 0 atom stereocenters. The summed E-state index contributed by atoms with van der Waals surface area (Å²) in [6, 6.07) is 25.1. The molecule has 33 heavy (non-hydrogen) atoms. The Balaban J connectivity index is 1.52.